The first kappa shape index (κ1) is 18.5. The van der Waals surface area contributed by atoms with E-state index in [2.05, 4.69) is 51.2 Å². The van der Waals surface area contributed by atoms with Gasteiger partial charge in [0.2, 0.25) is 5.88 Å². The summed E-state index contributed by atoms with van der Waals surface area (Å²) in [6.45, 7) is 5.70. The molecule has 0 spiro atoms. The summed E-state index contributed by atoms with van der Waals surface area (Å²) in [5.41, 5.74) is 2.81. The minimum absolute atomic E-state index is 0.690. The van der Waals surface area contributed by atoms with Crippen LogP contribution in [0.25, 0.3) is 0 Å². The maximum absolute atomic E-state index is 5.14. The highest BCUT2D eigenvalue weighted by Gasteiger charge is 2.28. The number of piperazine rings is 1. The molecule has 27 heavy (non-hydrogen) atoms. The quantitative estimate of drug-likeness (QED) is 0.803. The Morgan fingerprint density at radius 1 is 0.926 bits per heavy atom. The first-order valence-corrected chi connectivity index (χ1v) is 10.3. The molecule has 4 rings (SSSR count). The molecule has 0 unspecified atom stereocenters. The summed E-state index contributed by atoms with van der Waals surface area (Å²) in [7, 11) is 1.66. The van der Waals surface area contributed by atoms with Crippen LogP contribution in [0.15, 0.2) is 48.7 Å². The van der Waals surface area contributed by atoms with Crippen LogP contribution in [-0.4, -0.2) is 54.1 Å². The minimum atomic E-state index is 0.690. The number of rotatable bonds is 5. The molecule has 144 valence electrons. The van der Waals surface area contributed by atoms with Gasteiger partial charge in [0.15, 0.2) is 0 Å². The van der Waals surface area contributed by atoms with E-state index in [9.17, 15) is 0 Å². The lowest BCUT2D eigenvalue weighted by atomic mass is 9.81. The summed E-state index contributed by atoms with van der Waals surface area (Å²) in [6.07, 6.45) is 7.32. The van der Waals surface area contributed by atoms with Gasteiger partial charge < -0.3 is 4.74 Å². The van der Waals surface area contributed by atoms with Crippen molar-refractivity contribution >= 4 is 0 Å². The second kappa shape index (κ2) is 8.85. The first-order valence-electron chi connectivity index (χ1n) is 10.3. The van der Waals surface area contributed by atoms with Crippen molar-refractivity contribution in [2.24, 2.45) is 0 Å². The van der Waals surface area contributed by atoms with Gasteiger partial charge >= 0.3 is 0 Å². The first-order chi connectivity index (χ1) is 13.3. The largest absolute Gasteiger partial charge is 0.481 e. The van der Waals surface area contributed by atoms with Crippen molar-refractivity contribution in [1.82, 2.24) is 14.8 Å². The molecule has 0 atom stereocenters. The van der Waals surface area contributed by atoms with E-state index in [1.807, 2.05) is 12.3 Å². The third kappa shape index (κ3) is 4.69. The van der Waals surface area contributed by atoms with Crippen molar-refractivity contribution in [1.29, 1.82) is 0 Å². The molecule has 1 saturated carbocycles. The fourth-order valence-electron chi connectivity index (χ4n) is 4.67. The number of aromatic nitrogens is 1. The summed E-state index contributed by atoms with van der Waals surface area (Å²) in [4.78, 5) is 9.62. The van der Waals surface area contributed by atoms with E-state index in [1.54, 1.807) is 7.11 Å². The van der Waals surface area contributed by atoms with E-state index in [1.165, 1.54) is 49.9 Å². The van der Waals surface area contributed by atoms with E-state index >= 15 is 0 Å². The Morgan fingerprint density at radius 2 is 1.67 bits per heavy atom. The zero-order chi connectivity index (χ0) is 18.5. The number of ether oxygens (including phenoxy) is 1. The molecule has 0 radical (unpaired) electrons. The van der Waals surface area contributed by atoms with Gasteiger partial charge in [-0.1, -0.05) is 36.4 Å². The highest BCUT2D eigenvalue weighted by Crippen LogP contribution is 2.35. The molecule has 0 N–H and O–H groups in total. The molecule has 4 heteroatoms. The highest BCUT2D eigenvalue weighted by atomic mass is 16.5. The minimum Gasteiger partial charge on any atom is -0.481 e. The van der Waals surface area contributed by atoms with Crippen molar-refractivity contribution in [3.05, 3.63) is 59.8 Å². The van der Waals surface area contributed by atoms with E-state index in [0.717, 1.165) is 31.6 Å². The fourth-order valence-corrected chi connectivity index (χ4v) is 4.67. The average Bonchev–Trinajstić information content (AvgIpc) is 2.76. The third-order valence-corrected chi connectivity index (χ3v) is 6.30. The molecule has 2 heterocycles. The van der Waals surface area contributed by atoms with Crippen molar-refractivity contribution < 1.29 is 4.74 Å². The number of benzene rings is 1. The van der Waals surface area contributed by atoms with Crippen molar-refractivity contribution in [3.8, 4) is 5.88 Å². The molecule has 1 aromatic carbocycles. The molecule has 2 aromatic rings. The Kier molecular flexibility index (Phi) is 6.05. The van der Waals surface area contributed by atoms with Crippen LogP contribution in [0, 0.1) is 0 Å². The van der Waals surface area contributed by atoms with Gasteiger partial charge in [0.1, 0.15) is 0 Å². The van der Waals surface area contributed by atoms with Crippen LogP contribution in [0.1, 0.15) is 42.7 Å². The van der Waals surface area contributed by atoms with Gasteiger partial charge in [-0.05, 0) is 42.7 Å². The SMILES string of the molecule is COc1ccc(CN2CCN(C3CCC(c4ccccc4)CC3)CC2)cn1. The van der Waals surface area contributed by atoms with Gasteiger partial charge in [-0.25, -0.2) is 4.98 Å². The van der Waals surface area contributed by atoms with Crippen molar-refractivity contribution in [3.63, 3.8) is 0 Å². The van der Waals surface area contributed by atoms with Crippen LogP contribution in [0.3, 0.4) is 0 Å². The smallest absolute Gasteiger partial charge is 0.212 e. The Hall–Kier alpha value is -1.91. The summed E-state index contributed by atoms with van der Waals surface area (Å²) in [6, 6.07) is 16.0. The highest BCUT2D eigenvalue weighted by molar-refractivity contribution is 5.20. The predicted molar refractivity (Wildman–Crippen MR) is 109 cm³/mol. The Labute approximate surface area is 163 Å². The van der Waals surface area contributed by atoms with E-state index in [0.29, 0.717) is 5.88 Å². The van der Waals surface area contributed by atoms with Crippen LogP contribution < -0.4 is 4.74 Å². The molecule has 4 nitrogen and oxygen atoms in total. The number of hydrogen-bond donors (Lipinski definition) is 0. The lowest BCUT2D eigenvalue weighted by Crippen LogP contribution is -2.50. The molecule has 1 saturated heterocycles. The topological polar surface area (TPSA) is 28.6 Å². The van der Waals surface area contributed by atoms with Crippen LogP contribution >= 0.6 is 0 Å². The maximum atomic E-state index is 5.14. The fraction of sp³-hybridized carbons (Fsp3) is 0.522. The summed E-state index contributed by atoms with van der Waals surface area (Å²) < 4.78 is 5.14. The number of methoxy groups -OCH3 is 1. The van der Waals surface area contributed by atoms with Crippen LogP contribution in [-0.2, 0) is 6.54 Å². The molecular weight excluding hydrogens is 334 g/mol. The zero-order valence-corrected chi connectivity index (χ0v) is 16.4. The van der Waals surface area contributed by atoms with Gasteiger partial charge in [0.25, 0.3) is 0 Å². The van der Waals surface area contributed by atoms with Crippen LogP contribution in [0.4, 0.5) is 0 Å². The molecule has 2 fully saturated rings. The van der Waals surface area contributed by atoms with Gasteiger partial charge in [0, 0.05) is 51.0 Å². The van der Waals surface area contributed by atoms with Crippen LogP contribution in [0.5, 0.6) is 5.88 Å². The van der Waals surface area contributed by atoms with Crippen molar-refractivity contribution in [2.45, 2.75) is 44.2 Å². The second-order valence-corrected chi connectivity index (χ2v) is 7.94. The molecule has 0 amide bonds. The van der Waals surface area contributed by atoms with E-state index in [4.69, 9.17) is 4.74 Å². The molecule has 1 aliphatic carbocycles. The summed E-state index contributed by atoms with van der Waals surface area (Å²) in [5, 5.41) is 0. The normalized spacial score (nSPS) is 24.6. The lowest BCUT2D eigenvalue weighted by molar-refractivity contribution is 0.0726. The van der Waals surface area contributed by atoms with Gasteiger partial charge in [0.05, 0.1) is 7.11 Å². The Balaban J connectivity index is 1.22. The average molecular weight is 366 g/mol. The molecule has 1 aromatic heterocycles. The van der Waals surface area contributed by atoms with E-state index in [-0.39, 0.29) is 0 Å². The van der Waals surface area contributed by atoms with Gasteiger partial charge in [-0.3, -0.25) is 9.80 Å². The summed E-state index contributed by atoms with van der Waals surface area (Å²) >= 11 is 0. The van der Waals surface area contributed by atoms with Gasteiger partial charge in [-0.2, -0.15) is 0 Å². The number of pyridine rings is 1. The maximum Gasteiger partial charge on any atom is 0.212 e. The Bertz CT molecular complexity index is 687. The predicted octanol–water partition coefficient (Wildman–Crippen LogP) is 3.93. The van der Waals surface area contributed by atoms with Gasteiger partial charge in [-0.15, -0.1) is 0 Å². The summed E-state index contributed by atoms with van der Waals surface area (Å²) in [5.74, 6) is 1.46. The second-order valence-electron chi connectivity index (χ2n) is 7.94. The third-order valence-electron chi connectivity index (χ3n) is 6.30. The van der Waals surface area contributed by atoms with Crippen LogP contribution in [0.2, 0.25) is 0 Å². The van der Waals surface area contributed by atoms with Crippen molar-refractivity contribution in [2.75, 3.05) is 33.3 Å². The molecule has 2 aliphatic rings. The number of nitrogens with zero attached hydrogens (tertiary/aromatic N) is 3. The lowest BCUT2D eigenvalue weighted by Gasteiger charge is -2.42. The van der Waals surface area contributed by atoms with E-state index < -0.39 is 0 Å². The molecular formula is C23H31N3O. The monoisotopic (exact) mass is 365 g/mol. The zero-order valence-electron chi connectivity index (χ0n) is 16.4. The standard InChI is InChI=1S/C23H31N3O/c1-27-23-12-7-19(17-24-23)18-25-13-15-26(16-14-25)22-10-8-21(9-11-22)20-5-3-2-4-6-20/h2-7,12,17,21-22H,8-11,13-16,18H2,1H3. The molecule has 1 aliphatic heterocycles. The number of hydrogen-bond acceptors (Lipinski definition) is 4. The molecule has 0 bridgehead atoms. The Morgan fingerprint density at radius 3 is 2.30 bits per heavy atom.